The topological polar surface area (TPSA) is 49.0 Å². The number of aryl methyl sites for hydroxylation is 1. The summed E-state index contributed by atoms with van der Waals surface area (Å²) in [5.74, 6) is 0.132. The van der Waals surface area contributed by atoms with E-state index in [1.807, 2.05) is 50.3 Å². The molecule has 4 nitrogen and oxygen atoms in total. The highest BCUT2D eigenvalue weighted by atomic mass is 16.1. The minimum atomic E-state index is 0.132. The van der Waals surface area contributed by atoms with Gasteiger partial charge in [0.1, 0.15) is 0 Å². The average Bonchev–Trinajstić information content (AvgIpc) is 2.61. The molecule has 0 saturated heterocycles. The summed E-state index contributed by atoms with van der Waals surface area (Å²) in [6, 6.07) is 4.34. The summed E-state index contributed by atoms with van der Waals surface area (Å²) in [5, 5.41) is 8.67. The summed E-state index contributed by atoms with van der Waals surface area (Å²) in [4.78, 5) is 14.4. The van der Waals surface area contributed by atoms with Crippen molar-refractivity contribution in [1.82, 2.24) is 9.47 Å². The summed E-state index contributed by atoms with van der Waals surface area (Å²) in [7, 11) is 1.97. The smallest absolute Gasteiger partial charge is 0.178 e. The number of nitriles is 1. The van der Waals surface area contributed by atoms with Crippen LogP contribution in [-0.2, 0) is 7.05 Å². The molecule has 0 aliphatic heterocycles. The molecule has 0 unspecified atom stereocenters. The molecule has 0 bridgehead atoms. The zero-order valence-corrected chi connectivity index (χ0v) is 12.5. The van der Waals surface area contributed by atoms with Crippen LogP contribution in [0.4, 0.5) is 0 Å². The van der Waals surface area contributed by atoms with E-state index in [0.717, 1.165) is 17.0 Å². The molecule has 0 atom stereocenters. The Bertz CT molecular complexity index is 494. The molecule has 1 rings (SSSR count). The molecule has 0 radical (unpaired) electrons. The van der Waals surface area contributed by atoms with E-state index in [9.17, 15) is 4.79 Å². The number of carbonyl (C=O) groups is 1. The molecule has 19 heavy (non-hydrogen) atoms. The minimum absolute atomic E-state index is 0.132. The van der Waals surface area contributed by atoms with Gasteiger partial charge < -0.3 is 4.57 Å². The highest BCUT2D eigenvalue weighted by Gasteiger charge is 2.18. The number of aromatic nitrogens is 1. The van der Waals surface area contributed by atoms with E-state index < -0.39 is 0 Å². The number of hydrogen-bond donors (Lipinski definition) is 0. The second kappa shape index (κ2) is 6.53. The lowest BCUT2D eigenvalue weighted by Gasteiger charge is -2.24. The van der Waals surface area contributed by atoms with Gasteiger partial charge in [-0.1, -0.05) is 0 Å². The predicted molar refractivity (Wildman–Crippen MR) is 76.2 cm³/mol. The van der Waals surface area contributed by atoms with Crippen LogP contribution in [0.5, 0.6) is 0 Å². The van der Waals surface area contributed by atoms with Crippen LogP contribution in [0.1, 0.15) is 42.0 Å². The van der Waals surface area contributed by atoms with Gasteiger partial charge in [-0.15, -0.1) is 0 Å². The van der Waals surface area contributed by atoms with Crippen LogP contribution in [0, 0.1) is 25.2 Å². The first-order valence-electron chi connectivity index (χ1n) is 6.65. The third-order valence-electron chi connectivity index (χ3n) is 3.66. The number of carbonyl (C=O) groups excluding carboxylic acids is 1. The summed E-state index contributed by atoms with van der Waals surface area (Å²) in [6.45, 7) is 9.09. The summed E-state index contributed by atoms with van der Waals surface area (Å²) >= 11 is 0. The van der Waals surface area contributed by atoms with Gasteiger partial charge in [0.2, 0.25) is 0 Å². The molecule has 0 aromatic carbocycles. The summed E-state index contributed by atoms with van der Waals surface area (Å²) in [5.41, 5.74) is 2.89. The van der Waals surface area contributed by atoms with Gasteiger partial charge in [0.05, 0.1) is 12.6 Å². The van der Waals surface area contributed by atoms with Crippen LogP contribution in [0.3, 0.4) is 0 Å². The largest absolute Gasteiger partial charge is 0.351 e. The molecule has 104 valence electrons. The quantitative estimate of drug-likeness (QED) is 0.739. The van der Waals surface area contributed by atoms with E-state index in [2.05, 4.69) is 6.07 Å². The third-order valence-corrected chi connectivity index (χ3v) is 3.66. The number of nitrogens with zero attached hydrogens (tertiary/aromatic N) is 3. The van der Waals surface area contributed by atoms with E-state index in [-0.39, 0.29) is 11.8 Å². The number of rotatable bonds is 6. The fourth-order valence-corrected chi connectivity index (χ4v) is 2.12. The maximum atomic E-state index is 12.4. The Balaban J connectivity index is 2.82. The monoisotopic (exact) mass is 261 g/mol. The van der Waals surface area contributed by atoms with Crippen molar-refractivity contribution in [3.63, 3.8) is 0 Å². The fourth-order valence-electron chi connectivity index (χ4n) is 2.12. The fraction of sp³-hybridized carbons (Fsp3) is 0.600. The lowest BCUT2D eigenvalue weighted by molar-refractivity contribution is 0.0907. The van der Waals surface area contributed by atoms with Crippen LogP contribution in [0.25, 0.3) is 0 Å². The van der Waals surface area contributed by atoms with E-state index in [0.29, 0.717) is 19.5 Å². The molecule has 4 heteroatoms. The molecule has 0 amide bonds. The number of ketones is 1. The van der Waals surface area contributed by atoms with Gasteiger partial charge in [-0.3, -0.25) is 9.69 Å². The van der Waals surface area contributed by atoms with Crippen molar-refractivity contribution in [3.05, 3.63) is 23.0 Å². The van der Waals surface area contributed by atoms with Crippen molar-refractivity contribution in [2.75, 3.05) is 13.1 Å². The SMILES string of the molecule is Cc1cc(C(=O)CN(CCC#N)C(C)C)c(C)n1C. The first-order valence-corrected chi connectivity index (χ1v) is 6.65. The lowest BCUT2D eigenvalue weighted by atomic mass is 10.1. The van der Waals surface area contributed by atoms with Gasteiger partial charge in [-0.05, 0) is 33.8 Å². The Labute approximate surface area is 115 Å². The molecule has 0 fully saturated rings. The van der Waals surface area contributed by atoms with Gasteiger partial charge in [0.25, 0.3) is 0 Å². The Morgan fingerprint density at radius 2 is 2.11 bits per heavy atom. The Hall–Kier alpha value is -1.60. The molecule has 1 aromatic heterocycles. The molecule has 0 saturated carbocycles. The van der Waals surface area contributed by atoms with Crippen LogP contribution in [0.2, 0.25) is 0 Å². The first-order chi connectivity index (χ1) is 8.88. The molecular weight excluding hydrogens is 238 g/mol. The molecule has 1 heterocycles. The van der Waals surface area contributed by atoms with Crippen LogP contribution in [-0.4, -0.2) is 34.4 Å². The van der Waals surface area contributed by atoms with Crippen LogP contribution >= 0.6 is 0 Å². The van der Waals surface area contributed by atoms with Gasteiger partial charge in [-0.25, -0.2) is 0 Å². The second-order valence-corrected chi connectivity index (χ2v) is 5.24. The Morgan fingerprint density at radius 1 is 1.47 bits per heavy atom. The predicted octanol–water partition coefficient (Wildman–Crippen LogP) is 2.45. The zero-order chi connectivity index (χ0) is 14.6. The van der Waals surface area contributed by atoms with E-state index in [1.165, 1.54) is 0 Å². The zero-order valence-electron chi connectivity index (χ0n) is 12.5. The van der Waals surface area contributed by atoms with Gasteiger partial charge in [0.15, 0.2) is 5.78 Å². The Kier molecular flexibility index (Phi) is 5.31. The van der Waals surface area contributed by atoms with Crippen molar-refractivity contribution >= 4 is 5.78 Å². The van der Waals surface area contributed by atoms with Gasteiger partial charge in [0, 0.05) is 43.0 Å². The standard InChI is InChI=1S/C15H23N3O/c1-11(2)18(8-6-7-16)10-15(19)14-9-12(3)17(5)13(14)4/h9,11H,6,8,10H2,1-5H3. The van der Waals surface area contributed by atoms with E-state index in [1.54, 1.807) is 0 Å². The minimum Gasteiger partial charge on any atom is -0.351 e. The maximum absolute atomic E-state index is 12.4. The van der Waals surface area contributed by atoms with Crippen molar-refractivity contribution in [3.8, 4) is 6.07 Å². The number of Topliss-reactive ketones (excluding diaryl/α,β-unsaturated/α-hetero) is 1. The van der Waals surface area contributed by atoms with Crippen molar-refractivity contribution < 1.29 is 4.79 Å². The molecule has 0 aliphatic carbocycles. The highest BCUT2D eigenvalue weighted by molar-refractivity contribution is 5.99. The molecule has 0 N–H and O–H groups in total. The molecule has 1 aromatic rings. The van der Waals surface area contributed by atoms with Crippen LogP contribution < -0.4 is 0 Å². The summed E-state index contributed by atoms with van der Waals surface area (Å²) in [6.07, 6.45) is 0.457. The number of hydrogen-bond acceptors (Lipinski definition) is 3. The van der Waals surface area contributed by atoms with Gasteiger partial charge >= 0.3 is 0 Å². The second-order valence-electron chi connectivity index (χ2n) is 5.24. The van der Waals surface area contributed by atoms with E-state index in [4.69, 9.17) is 5.26 Å². The molecular formula is C15H23N3O. The first kappa shape index (κ1) is 15.5. The summed E-state index contributed by atoms with van der Waals surface area (Å²) < 4.78 is 2.03. The van der Waals surface area contributed by atoms with E-state index >= 15 is 0 Å². The van der Waals surface area contributed by atoms with Crippen molar-refractivity contribution in [2.24, 2.45) is 7.05 Å². The molecule has 0 spiro atoms. The Morgan fingerprint density at radius 3 is 2.53 bits per heavy atom. The van der Waals surface area contributed by atoms with Crippen molar-refractivity contribution in [1.29, 1.82) is 5.26 Å². The molecule has 0 aliphatic rings. The van der Waals surface area contributed by atoms with Crippen molar-refractivity contribution in [2.45, 2.75) is 40.2 Å². The van der Waals surface area contributed by atoms with Gasteiger partial charge in [-0.2, -0.15) is 5.26 Å². The van der Waals surface area contributed by atoms with Crippen LogP contribution in [0.15, 0.2) is 6.07 Å². The third kappa shape index (κ3) is 3.68. The average molecular weight is 261 g/mol. The maximum Gasteiger partial charge on any atom is 0.178 e. The normalized spacial score (nSPS) is 11.1. The lowest BCUT2D eigenvalue weighted by Crippen LogP contribution is -2.36. The highest BCUT2D eigenvalue weighted by Crippen LogP contribution is 2.15.